The number of aliphatic hydroxyl groups excluding tert-OH is 1. The van der Waals surface area contributed by atoms with Gasteiger partial charge >= 0.3 is 0 Å². The Morgan fingerprint density at radius 3 is 2.29 bits per heavy atom. The van der Waals surface area contributed by atoms with E-state index in [2.05, 4.69) is 20.8 Å². The van der Waals surface area contributed by atoms with E-state index in [0.29, 0.717) is 17.3 Å². The van der Waals surface area contributed by atoms with Crippen molar-refractivity contribution in [3.63, 3.8) is 0 Å². The highest BCUT2D eigenvalue weighted by Crippen LogP contribution is 2.73. The van der Waals surface area contributed by atoms with E-state index >= 15 is 0 Å². The van der Waals surface area contributed by atoms with Crippen molar-refractivity contribution in [3.8, 4) is 0 Å². The summed E-state index contributed by atoms with van der Waals surface area (Å²) in [5, 5.41) is 21.2. The molecule has 0 aromatic carbocycles. The zero-order chi connectivity index (χ0) is 12.6. The summed E-state index contributed by atoms with van der Waals surface area (Å²) >= 11 is 0. The Morgan fingerprint density at radius 1 is 1.00 bits per heavy atom. The summed E-state index contributed by atoms with van der Waals surface area (Å²) in [6.07, 6.45) is 3.68. The fraction of sp³-hybridized carbons (Fsp3) is 1.00. The molecule has 0 aliphatic heterocycles. The summed E-state index contributed by atoms with van der Waals surface area (Å²) in [5.74, 6) is 1.61. The van der Waals surface area contributed by atoms with Gasteiger partial charge in [-0.3, -0.25) is 0 Å². The highest BCUT2D eigenvalue weighted by atomic mass is 16.3. The smallest absolute Gasteiger partial charge is 0.0657 e. The highest BCUT2D eigenvalue weighted by molar-refractivity contribution is 5.19. The van der Waals surface area contributed by atoms with Crippen molar-refractivity contribution >= 4 is 0 Å². The van der Waals surface area contributed by atoms with Gasteiger partial charge in [0.15, 0.2) is 0 Å². The lowest BCUT2D eigenvalue weighted by molar-refractivity contribution is -0.0674. The molecule has 3 saturated carbocycles. The van der Waals surface area contributed by atoms with Gasteiger partial charge in [-0.15, -0.1) is 0 Å². The maximum atomic E-state index is 10.7. The van der Waals surface area contributed by atoms with Gasteiger partial charge in [-0.2, -0.15) is 0 Å². The minimum absolute atomic E-state index is 0.0588. The molecular formula is C15H26O2. The summed E-state index contributed by atoms with van der Waals surface area (Å²) < 4.78 is 0. The lowest BCUT2D eigenvalue weighted by Gasteiger charge is -2.40. The third-order valence-corrected chi connectivity index (χ3v) is 6.56. The van der Waals surface area contributed by atoms with E-state index in [4.69, 9.17) is 0 Å². The van der Waals surface area contributed by atoms with Crippen molar-refractivity contribution < 1.29 is 10.2 Å². The van der Waals surface area contributed by atoms with Gasteiger partial charge in [0, 0.05) is 0 Å². The zero-order valence-electron chi connectivity index (χ0n) is 11.5. The molecule has 3 rings (SSSR count). The van der Waals surface area contributed by atoms with Gasteiger partial charge in [0.25, 0.3) is 0 Å². The maximum absolute atomic E-state index is 10.7. The maximum Gasteiger partial charge on any atom is 0.0657 e. The summed E-state index contributed by atoms with van der Waals surface area (Å²) in [6.45, 7) is 8.89. The molecule has 17 heavy (non-hydrogen) atoms. The van der Waals surface area contributed by atoms with E-state index in [1.54, 1.807) is 0 Å². The molecule has 0 heterocycles. The van der Waals surface area contributed by atoms with Crippen LogP contribution in [0.4, 0.5) is 0 Å². The second-order valence-electron chi connectivity index (χ2n) is 7.89. The molecule has 0 aromatic rings. The van der Waals surface area contributed by atoms with Gasteiger partial charge in [0.05, 0.1) is 11.7 Å². The molecule has 2 heteroatoms. The number of hydrogen-bond donors (Lipinski definition) is 2. The summed E-state index contributed by atoms with van der Waals surface area (Å²) in [4.78, 5) is 0. The average molecular weight is 238 g/mol. The van der Waals surface area contributed by atoms with Gasteiger partial charge in [-0.05, 0) is 61.2 Å². The minimum Gasteiger partial charge on any atom is -0.393 e. The predicted molar refractivity (Wildman–Crippen MR) is 67.5 cm³/mol. The fourth-order valence-electron chi connectivity index (χ4n) is 5.38. The normalized spacial score (nSPS) is 60.4. The minimum atomic E-state index is -0.573. The number of hydrogen-bond acceptors (Lipinski definition) is 2. The van der Waals surface area contributed by atoms with Crippen LogP contribution in [0.5, 0.6) is 0 Å². The quantitative estimate of drug-likeness (QED) is 0.681. The first-order valence-electron chi connectivity index (χ1n) is 7.12. The summed E-state index contributed by atoms with van der Waals surface area (Å²) in [5.41, 5.74) is -0.256. The molecular weight excluding hydrogens is 212 g/mol. The van der Waals surface area contributed by atoms with Crippen molar-refractivity contribution in [2.45, 2.75) is 65.1 Å². The third-order valence-electron chi connectivity index (χ3n) is 6.56. The van der Waals surface area contributed by atoms with Crippen LogP contribution in [0.25, 0.3) is 0 Å². The number of rotatable bonds is 0. The molecule has 2 N–H and O–H groups in total. The molecule has 3 fully saturated rings. The molecule has 0 saturated heterocycles. The molecule has 0 spiro atoms. The lowest BCUT2D eigenvalue weighted by Crippen LogP contribution is -2.44. The predicted octanol–water partition coefficient (Wildman–Crippen LogP) is 2.58. The van der Waals surface area contributed by atoms with Crippen molar-refractivity contribution in [3.05, 3.63) is 0 Å². The first-order valence-corrected chi connectivity index (χ1v) is 7.12. The Labute approximate surface area is 104 Å². The molecule has 0 amide bonds. The monoisotopic (exact) mass is 238 g/mol. The van der Waals surface area contributed by atoms with E-state index in [-0.39, 0.29) is 17.4 Å². The second-order valence-corrected chi connectivity index (χ2v) is 7.89. The molecule has 0 unspecified atom stereocenters. The van der Waals surface area contributed by atoms with E-state index in [9.17, 15) is 10.2 Å². The number of fused-ring (bicyclic) bond motifs is 3. The largest absolute Gasteiger partial charge is 0.393 e. The van der Waals surface area contributed by atoms with E-state index < -0.39 is 5.60 Å². The van der Waals surface area contributed by atoms with Crippen LogP contribution in [-0.2, 0) is 0 Å². The first kappa shape index (κ1) is 12.0. The van der Waals surface area contributed by atoms with Crippen LogP contribution in [-0.4, -0.2) is 21.9 Å². The molecule has 6 atom stereocenters. The van der Waals surface area contributed by atoms with E-state index in [1.807, 2.05) is 6.92 Å². The Hall–Kier alpha value is -0.0800. The molecule has 0 aromatic heterocycles. The van der Waals surface area contributed by atoms with Crippen LogP contribution in [0.1, 0.15) is 53.4 Å². The Morgan fingerprint density at radius 2 is 1.65 bits per heavy atom. The lowest BCUT2D eigenvalue weighted by atomic mass is 9.68. The van der Waals surface area contributed by atoms with E-state index in [0.717, 1.165) is 25.7 Å². The molecule has 2 nitrogen and oxygen atoms in total. The van der Waals surface area contributed by atoms with Gasteiger partial charge in [0.1, 0.15) is 0 Å². The third kappa shape index (κ3) is 1.34. The van der Waals surface area contributed by atoms with Crippen LogP contribution in [0.15, 0.2) is 0 Å². The van der Waals surface area contributed by atoms with Crippen LogP contribution in [0.2, 0.25) is 0 Å². The SMILES string of the molecule is CC1(C)[C@H]2[C@@H]1CC[C@@H](O)[C@@]1(C)CC[C@](C)(O)[C@@H]21. The van der Waals surface area contributed by atoms with Crippen molar-refractivity contribution in [2.24, 2.45) is 28.6 Å². The molecule has 0 bridgehead atoms. The van der Waals surface area contributed by atoms with Crippen LogP contribution >= 0.6 is 0 Å². The van der Waals surface area contributed by atoms with Crippen LogP contribution in [0.3, 0.4) is 0 Å². The molecule has 3 aliphatic carbocycles. The highest BCUT2D eigenvalue weighted by Gasteiger charge is 2.71. The van der Waals surface area contributed by atoms with Crippen molar-refractivity contribution in [2.75, 3.05) is 0 Å². The van der Waals surface area contributed by atoms with Gasteiger partial charge < -0.3 is 10.2 Å². The topological polar surface area (TPSA) is 40.5 Å². The summed E-state index contributed by atoms with van der Waals surface area (Å²) in [7, 11) is 0. The molecule has 3 aliphatic rings. The van der Waals surface area contributed by atoms with Crippen LogP contribution in [0, 0.1) is 28.6 Å². The molecule has 98 valence electrons. The van der Waals surface area contributed by atoms with Gasteiger partial charge in [0.2, 0.25) is 0 Å². The van der Waals surface area contributed by atoms with Gasteiger partial charge in [-0.25, -0.2) is 0 Å². The molecule has 0 radical (unpaired) electrons. The first-order chi connectivity index (χ1) is 7.71. The standard InChI is InChI=1S/C15H26O2/c1-13(2)9-5-6-10(16)14(3)7-8-15(4,17)12(14)11(9)13/h9-12,16-17H,5-8H2,1-4H3/t9-,10+,11-,12-,14+,15-/m0/s1. The van der Waals surface area contributed by atoms with E-state index in [1.165, 1.54) is 0 Å². The van der Waals surface area contributed by atoms with Gasteiger partial charge in [-0.1, -0.05) is 20.8 Å². The fourth-order valence-corrected chi connectivity index (χ4v) is 5.38. The Balaban J connectivity index is 2.03. The number of aliphatic hydroxyl groups is 2. The Kier molecular flexibility index (Phi) is 2.17. The Bertz CT molecular complexity index is 347. The average Bonchev–Trinajstić information content (AvgIpc) is 2.67. The van der Waals surface area contributed by atoms with Crippen molar-refractivity contribution in [1.29, 1.82) is 0 Å². The summed E-state index contributed by atoms with van der Waals surface area (Å²) in [6, 6.07) is 0. The zero-order valence-corrected chi connectivity index (χ0v) is 11.5. The van der Waals surface area contributed by atoms with Crippen molar-refractivity contribution in [1.82, 2.24) is 0 Å². The van der Waals surface area contributed by atoms with Crippen LogP contribution < -0.4 is 0 Å². The second kappa shape index (κ2) is 3.08.